The lowest BCUT2D eigenvalue weighted by molar-refractivity contribution is 0.0434. The largest absolute Gasteiger partial charge is 0.497 e. The van der Waals surface area contributed by atoms with Crippen LogP contribution in [0.4, 0.5) is 0 Å². The molecule has 8 heteroatoms. The molecule has 0 amide bonds. The van der Waals surface area contributed by atoms with Crippen molar-refractivity contribution in [2.75, 3.05) is 20.2 Å². The number of piperidine rings is 1. The summed E-state index contributed by atoms with van der Waals surface area (Å²) in [4.78, 5) is 2.57. The Balaban J connectivity index is 1.14. The van der Waals surface area contributed by atoms with Crippen molar-refractivity contribution < 1.29 is 4.74 Å². The van der Waals surface area contributed by atoms with Gasteiger partial charge in [-0.15, -0.1) is 0 Å². The third-order valence-corrected chi connectivity index (χ3v) is 7.93. The summed E-state index contributed by atoms with van der Waals surface area (Å²) >= 11 is 3.52. The quantitative estimate of drug-likeness (QED) is 0.416. The molecule has 1 aliphatic carbocycles. The second-order valence-electron chi connectivity index (χ2n) is 9.07. The fraction of sp³-hybridized carbons (Fsp3) is 0.636. The molecule has 2 saturated heterocycles. The molecule has 1 saturated carbocycles. The SMILES string of the molecule is COc1ccc(CNC2CCCC23CCN(C2NC4NC=C(Br)NC4N2)CC3)cc1. The van der Waals surface area contributed by atoms with Gasteiger partial charge in [0.1, 0.15) is 24.4 Å². The van der Waals surface area contributed by atoms with Crippen molar-refractivity contribution in [2.24, 2.45) is 5.41 Å². The van der Waals surface area contributed by atoms with E-state index in [2.05, 4.69) is 71.7 Å². The predicted octanol–water partition coefficient (Wildman–Crippen LogP) is 1.93. The van der Waals surface area contributed by atoms with E-state index in [4.69, 9.17) is 4.74 Å². The average molecular weight is 477 g/mol. The second-order valence-corrected chi connectivity index (χ2v) is 9.92. The van der Waals surface area contributed by atoms with E-state index in [1.807, 2.05) is 6.20 Å². The van der Waals surface area contributed by atoms with Crippen LogP contribution in [0.5, 0.6) is 5.75 Å². The highest BCUT2D eigenvalue weighted by Gasteiger charge is 2.46. The molecule has 4 atom stereocenters. The van der Waals surface area contributed by atoms with Crippen LogP contribution in [-0.4, -0.2) is 49.8 Å². The summed E-state index contributed by atoms with van der Waals surface area (Å²) in [7, 11) is 1.72. The van der Waals surface area contributed by atoms with Gasteiger partial charge in [0.25, 0.3) is 0 Å². The van der Waals surface area contributed by atoms with Gasteiger partial charge < -0.3 is 20.7 Å². The molecule has 164 valence electrons. The molecule has 0 aromatic heterocycles. The minimum absolute atomic E-state index is 0.204. The third kappa shape index (κ3) is 4.08. The lowest BCUT2D eigenvalue weighted by atomic mass is 9.74. The lowest BCUT2D eigenvalue weighted by Crippen LogP contribution is -2.56. The number of rotatable bonds is 5. The van der Waals surface area contributed by atoms with Crippen LogP contribution < -0.4 is 31.3 Å². The summed E-state index contributed by atoms with van der Waals surface area (Å²) < 4.78 is 6.27. The monoisotopic (exact) mass is 476 g/mol. The lowest BCUT2D eigenvalue weighted by Gasteiger charge is -2.45. The number of likely N-dealkylation sites (tertiary alicyclic amines) is 1. The van der Waals surface area contributed by atoms with Crippen LogP contribution in [0.1, 0.15) is 37.7 Å². The van der Waals surface area contributed by atoms with Crippen molar-refractivity contribution in [3.8, 4) is 5.75 Å². The number of benzene rings is 1. The van der Waals surface area contributed by atoms with Crippen molar-refractivity contribution in [2.45, 2.75) is 63.3 Å². The second kappa shape index (κ2) is 8.67. The average Bonchev–Trinajstić information content (AvgIpc) is 3.37. The summed E-state index contributed by atoms with van der Waals surface area (Å²) in [5.41, 5.74) is 1.78. The van der Waals surface area contributed by atoms with E-state index in [1.165, 1.54) is 37.7 Å². The molecular formula is C22H33BrN6O. The highest BCUT2D eigenvalue weighted by atomic mass is 79.9. The molecule has 5 N–H and O–H groups in total. The molecule has 4 unspecified atom stereocenters. The van der Waals surface area contributed by atoms with Crippen LogP contribution in [0.15, 0.2) is 35.1 Å². The van der Waals surface area contributed by atoms with E-state index < -0.39 is 0 Å². The van der Waals surface area contributed by atoms with Gasteiger partial charge in [0.05, 0.1) is 11.7 Å². The van der Waals surface area contributed by atoms with Gasteiger partial charge in [-0.25, -0.2) is 0 Å². The minimum Gasteiger partial charge on any atom is -0.497 e. The Morgan fingerprint density at radius 3 is 2.67 bits per heavy atom. The van der Waals surface area contributed by atoms with E-state index in [0.717, 1.165) is 30.0 Å². The highest BCUT2D eigenvalue weighted by Crippen LogP contribution is 2.46. The van der Waals surface area contributed by atoms with Crippen LogP contribution in [0.25, 0.3) is 0 Å². The van der Waals surface area contributed by atoms with Gasteiger partial charge in [-0.05, 0) is 64.7 Å². The molecule has 3 aliphatic heterocycles. The van der Waals surface area contributed by atoms with Crippen molar-refractivity contribution in [1.29, 1.82) is 0 Å². The smallest absolute Gasteiger partial charge is 0.118 e. The molecule has 3 heterocycles. The molecular weight excluding hydrogens is 444 g/mol. The molecule has 0 radical (unpaired) electrons. The van der Waals surface area contributed by atoms with Crippen molar-refractivity contribution in [1.82, 2.24) is 31.5 Å². The van der Waals surface area contributed by atoms with Gasteiger partial charge in [-0.3, -0.25) is 15.5 Å². The first-order chi connectivity index (χ1) is 14.6. The fourth-order valence-electron chi connectivity index (χ4n) is 5.68. The Labute approximate surface area is 187 Å². The van der Waals surface area contributed by atoms with Gasteiger partial charge in [0.15, 0.2) is 0 Å². The predicted molar refractivity (Wildman–Crippen MR) is 122 cm³/mol. The Morgan fingerprint density at radius 1 is 1.13 bits per heavy atom. The van der Waals surface area contributed by atoms with Gasteiger partial charge in [-0.1, -0.05) is 18.6 Å². The van der Waals surface area contributed by atoms with E-state index in [0.29, 0.717) is 11.5 Å². The number of halogens is 1. The molecule has 5 rings (SSSR count). The Bertz CT molecular complexity index is 763. The summed E-state index contributed by atoms with van der Waals surface area (Å²) in [5.74, 6) is 0.922. The summed E-state index contributed by atoms with van der Waals surface area (Å²) in [5, 5.41) is 18.1. The normalized spacial score (nSPS) is 32.9. The van der Waals surface area contributed by atoms with E-state index >= 15 is 0 Å². The summed E-state index contributed by atoms with van der Waals surface area (Å²) in [6, 6.07) is 9.07. The van der Waals surface area contributed by atoms with Crippen LogP contribution in [-0.2, 0) is 6.54 Å². The van der Waals surface area contributed by atoms with Crippen LogP contribution in [0.2, 0.25) is 0 Å². The number of nitrogens with one attached hydrogen (secondary N) is 5. The zero-order valence-electron chi connectivity index (χ0n) is 17.6. The number of ether oxygens (including phenoxy) is 1. The van der Waals surface area contributed by atoms with Crippen LogP contribution in [0, 0.1) is 5.41 Å². The standard InChI is InChI=1S/C22H33BrN6O/c1-30-16-6-4-15(5-7-16)13-24-17-3-2-8-22(17)9-11-29(12-10-22)21-27-19-20(28-21)26-18(23)14-25-19/h4-7,14,17,19-21,24-28H,2-3,8-13H2,1H3. The molecule has 7 nitrogen and oxygen atoms in total. The number of fused-ring (bicyclic) bond motifs is 1. The first kappa shape index (κ1) is 20.6. The van der Waals surface area contributed by atoms with Gasteiger partial charge in [0.2, 0.25) is 0 Å². The summed E-state index contributed by atoms with van der Waals surface area (Å²) in [6.07, 6.45) is 9.16. The zero-order valence-corrected chi connectivity index (χ0v) is 19.2. The van der Waals surface area contributed by atoms with Crippen LogP contribution >= 0.6 is 15.9 Å². The molecule has 4 aliphatic rings. The maximum Gasteiger partial charge on any atom is 0.118 e. The molecule has 1 aromatic rings. The molecule has 1 spiro atoms. The van der Waals surface area contributed by atoms with E-state index in [1.54, 1.807) is 7.11 Å². The molecule has 0 bridgehead atoms. The Hall–Kier alpha value is -1.32. The zero-order chi connectivity index (χ0) is 20.6. The number of hydrogen-bond acceptors (Lipinski definition) is 7. The molecule has 1 aromatic carbocycles. The topological polar surface area (TPSA) is 72.6 Å². The van der Waals surface area contributed by atoms with Crippen molar-refractivity contribution in [3.63, 3.8) is 0 Å². The molecule has 30 heavy (non-hydrogen) atoms. The fourth-order valence-corrected chi connectivity index (χ4v) is 6.06. The molecule has 3 fully saturated rings. The number of nitrogens with zero attached hydrogens (tertiary/aromatic N) is 1. The summed E-state index contributed by atoms with van der Waals surface area (Å²) in [6.45, 7) is 3.22. The number of hydrogen-bond donors (Lipinski definition) is 5. The van der Waals surface area contributed by atoms with Gasteiger partial charge >= 0.3 is 0 Å². The van der Waals surface area contributed by atoms with Crippen molar-refractivity contribution >= 4 is 15.9 Å². The Kier molecular flexibility index (Phi) is 5.94. The first-order valence-corrected chi connectivity index (χ1v) is 12.0. The first-order valence-electron chi connectivity index (χ1n) is 11.2. The maximum absolute atomic E-state index is 5.28. The Morgan fingerprint density at radius 2 is 1.90 bits per heavy atom. The maximum atomic E-state index is 5.28. The highest BCUT2D eigenvalue weighted by molar-refractivity contribution is 9.11. The third-order valence-electron chi connectivity index (χ3n) is 7.47. The van der Waals surface area contributed by atoms with Crippen molar-refractivity contribution in [3.05, 3.63) is 40.6 Å². The number of methoxy groups -OCH3 is 1. The minimum atomic E-state index is 0.204. The van der Waals surface area contributed by atoms with Gasteiger partial charge in [-0.2, -0.15) is 0 Å². The van der Waals surface area contributed by atoms with Crippen LogP contribution in [0.3, 0.4) is 0 Å². The van der Waals surface area contributed by atoms with E-state index in [9.17, 15) is 0 Å². The van der Waals surface area contributed by atoms with E-state index in [-0.39, 0.29) is 18.6 Å². The van der Waals surface area contributed by atoms with Gasteiger partial charge in [0, 0.05) is 31.9 Å².